The monoisotopic (exact) mass is 528 g/mol. The minimum absolute atomic E-state index is 0. The molecule has 1 unspecified atom stereocenters. The number of guanidine groups is 1. The number of rotatable bonds is 7. The van der Waals surface area contributed by atoms with E-state index in [0.717, 1.165) is 56.6 Å². The van der Waals surface area contributed by atoms with Gasteiger partial charge in [-0.25, -0.2) is 4.98 Å². The number of hydrogen-bond acceptors (Lipinski definition) is 5. The Kier molecular flexibility index (Phi) is 10.2. The van der Waals surface area contributed by atoms with Crippen molar-refractivity contribution in [2.45, 2.75) is 26.3 Å². The SMILES string of the molecule is CCN1CCN(c2ccc(CNC(=NC)NCC(C)c3cccs3)cn2)CC1.I. The second kappa shape index (κ2) is 12.3. The average molecular weight is 529 g/mol. The molecule has 0 amide bonds. The molecular weight excluding hydrogens is 495 g/mol. The van der Waals surface area contributed by atoms with Crippen LogP contribution in [0.4, 0.5) is 5.82 Å². The number of hydrogen-bond donors (Lipinski definition) is 2. The molecule has 3 rings (SSSR count). The Balaban J connectivity index is 0.00000300. The van der Waals surface area contributed by atoms with Crippen LogP contribution >= 0.6 is 35.3 Å². The van der Waals surface area contributed by atoms with Gasteiger partial charge in [-0.2, -0.15) is 0 Å². The van der Waals surface area contributed by atoms with E-state index in [4.69, 9.17) is 0 Å². The smallest absolute Gasteiger partial charge is 0.191 e. The van der Waals surface area contributed by atoms with Crippen LogP contribution in [0.15, 0.2) is 40.8 Å². The van der Waals surface area contributed by atoms with Crippen molar-refractivity contribution in [3.8, 4) is 0 Å². The van der Waals surface area contributed by atoms with Crippen LogP contribution in [-0.2, 0) is 6.54 Å². The van der Waals surface area contributed by atoms with E-state index in [1.165, 1.54) is 4.88 Å². The number of piperazine rings is 1. The summed E-state index contributed by atoms with van der Waals surface area (Å²) in [5.74, 6) is 2.36. The van der Waals surface area contributed by atoms with Crippen molar-refractivity contribution < 1.29 is 0 Å². The Hall–Kier alpha value is -1.39. The first-order chi connectivity index (χ1) is 13.7. The van der Waals surface area contributed by atoms with Crippen LogP contribution in [0.2, 0.25) is 0 Å². The van der Waals surface area contributed by atoms with Crippen molar-refractivity contribution in [2.24, 2.45) is 4.99 Å². The summed E-state index contributed by atoms with van der Waals surface area (Å²) in [6.45, 7) is 11.5. The zero-order valence-electron chi connectivity index (χ0n) is 17.6. The maximum atomic E-state index is 4.67. The zero-order chi connectivity index (χ0) is 19.8. The molecule has 0 bridgehead atoms. The lowest BCUT2D eigenvalue weighted by Gasteiger charge is -2.34. The van der Waals surface area contributed by atoms with Gasteiger partial charge in [0.1, 0.15) is 5.82 Å². The van der Waals surface area contributed by atoms with Crippen LogP contribution in [0.5, 0.6) is 0 Å². The summed E-state index contributed by atoms with van der Waals surface area (Å²) in [7, 11) is 1.81. The summed E-state index contributed by atoms with van der Waals surface area (Å²) >= 11 is 1.80. The molecular formula is C21H33IN6S. The fraction of sp³-hybridized carbons (Fsp3) is 0.524. The van der Waals surface area contributed by atoms with Gasteiger partial charge >= 0.3 is 0 Å². The summed E-state index contributed by atoms with van der Waals surface area (Å²) in [6.07, 6.45) is 1.97. The molecule has 1 saturated heterocycles. The highest BCUT2D eigenvalue weighted by Gasteiger charge is 2.16. The lowest BCUT2D eigenvalue weighted by atomic mass is 10.1. The van der Waals surface area contributed by atoms with Crippen LogP contribution in [-0.4, -0.2) is 62.2 Å². The Morgan fingerprint density at radius 1 is 1.21 bits per heavy atom. The molecule has 8 heteroatoms. The molecule has 1 atom stereocenters. The molecule has 0 aromatic carbocycles. The van der Waals surface area contributed by atoms with Crippen molar-refractivity contribution in [3.05, 3.63) is 46.3 Å². The Morgan fingerprint density at radius 2 is 2.00 bits per heavy atom. The van der Waals surface area contributed by atoms with Crippen LogP contribution in [0.1, 0.15) is 30.2 Å². The minimum atomic E-state index is 0. The number of pyridine rings is 1. The van der Waals surface area contributed by atoms with Crippen LogP contribution in [0.3, 0.4) is 0 Å². The molecule has 6 nitrogen and oxygen atoms in total. The van der Waals surface area contributed by atoms with Crippen LogP contribution in [0.25, 0.3) is 0 Å². The first-order valence-corrected chi connectivity index (χ1v) is 11.0. The summed E-state index contributed by atoms with van der Waals surface area (Å²) in [5, 5.41) is 8.92. The number of aliphatic imine (C=N–C) groups is 1. The van der Waals surface area contributed by atoms with E-state index in [1.54, 1.807) is 11.3 Å². The van der Waals surface area contributed by atoms with Gasteiger partial charge in [0.2, 0.25) is 0 Å². The maximum Gasteiger partial charge on any atom is 0.191 e. The second-order valence-electron chi connectivity index (χ2n) is 7.17. The highest BCUT2D eigenvalue weighted by molar-refractivity contribution is 14.0. The lowest BCUT2D eigenvalue weighted by molar-refractivity contribution is 0.270. The molecule has 0 radical (unpaired) electrons. The van der Waals surface area contributed by atoms with Crippen LogP contribution < -0.4 is 15.5 Å². The van der Waals surface area contributed by atoms with E-state index in [2.05, 4.69) is 73.9 Å². The Labute approximate surface area is 195 Å². The van der Waals surface area contributed by atoms with Gasteiger partial charge in [0.15, 0.2) is 5.96 Å². The first-order valence-electron chi connectivity index (χ1n) is 10.1. The normalized spacial score (nSPS) is 16.2. The third kappa shape index (κ3) is 7.11. The van der Waals surface area contributed by atoms with Gasteiger partial charge < -0.3 is 20.4 Å². The fourth-order valence-corrected chi connectivity index (χ4v) is 4.12. The number of thiophene rings is 1. The largest absolute Gasteiger partial charge is 0.356 e. The molecule has 29 heavy (non-hydrogen) atoms. The highest BCUT2D eigenvalue weighted by Crippen LogP contribution is 2.19. The summed E-state index contributed by atoms with van der Waals surface area (Å²) in [5.41, 5.74) is 1.16. The molecule has 1 aliphatic rings. The number of halogens is 1. The number of nitrogens with zero attached hydrogens (tertiary/aromatic N) is 4. The van der Waals surface area contributed by atoms with Crippen molar-refractivity contribution >= 4 is 47.1 Å². The lowest BCUT2D eigenvalue weighted by Crippen LogP contribution is -2.46. The second-order valence-corrected chi connectivity index (χ2v) is 8.15. The number of aromatic nitrogens is 1. The minimum Gasteiger partial charge on any atom is -0.356 e. The predicted octanol–water partition coefficient (Wildman–Crippen LogP) is 3.37. The van der Waals surface area contributed by atoms with Crippen molar-refractivity contribution in [2.75, 3.05) is 51.2 Å². The van der Waals surface area contributed by atoms with Gasteiger partial charge in [-0.1, -0.05) is 26.0 Å². The first kappa shape index (κ1) is 23.9. The average Bonchev–Trinajstić information content (AvgIpc) is 3.29. The Bertz CT molecular complexity index is 726. The maximum absolute atomic E-state index is 4.67. The van der Waals surface area contributed by atoms with Gasteiger partial charge in [0.25, 0.3) is 0 Å². The van der Waals surface area contributed by atoms with E-state index in [0.29, 0.717) is 12.5 Å². The molecule has 1 aliphatic heterocycles. The molecule has 3 heterocycles. The van der Waals surface area contributed by atoms with E-state index >= 15 is 0 Å². The molecule has 0 aliphatic carbocycles. The topological polar surface area (TPSA) is 55.8 Å². The molecule has 1 fully saturated rings. The molecule has 0 saturated carbocycles. The van der Waals surface area contributed by atoms with Crippen LogP contribution in [0, 0.1) is 0 Å². The fourth-order valence-electron chi connectivity index (χ4n) is 3.33. The van der Waals surface area contributed by atoms with Crippen molar-refractivity contribution in [1.82, 2.24) is 20.5 Å². The summed E-state index contributed by atoms with van der Waals surface area (Å²) in [4.78, 5) is 15.2. The zero-order valence-corrected chi connectivity index (χ0v) is 20.7. The quantitative estimate of drug-likeness (QED) is 0.328. The molecule has 2 aromatic heterocycles. The molecule has 160 valence electrons. The molecule has 0 spiro atoms. The van der Waals surface area contributed by atoms with E-state index < -0.39 is 0 Å². The summed E-state index contributed by atoms with van der Waals surface area (Å²) in [6, 6.07) is 8.57. The predicted molar refractivity (Wildman–Crippen MR) is 135 cm³/mol. The molecule has 2 aromatic rings. The van der Waals surface area contributed by atoms with Gasteiger partial charge in [-0.05, 0) is 29.6 Å². The third-order valence-corrected chi connectivity index (χ3v) is 6.34. The summed E-state index contributed by atoms with van der Waals surface area (Å²) < 4.78 is 0. The number of likely N-dealkylation sites (N-methyl/N-ethyl adjacent to an activating group) is 1. The number of anilines is 1. The van der Waals surface area contributed by atoms with Crippen molar-refractivity contribution in [3.63, 3.8) is 0 Å². The van der Waals surface area contributed by atoms with E-state index in [9.17, 15) is 0 Å². The van der Waals surface area contributed by atoms with Gasteiger partial charge in [0, 0.05) is 63.3 Å². The Morgan fingerprint density at radius 3 is 2.59 bits per heavy atom. The van der Waals surface area contributed by atoms with Gasteiger partial charge in [-0.3, -0.25) is 4.99 Å². The van der Waals surface area contributed by atoms with E-state index in [-0.39, 0.29) is 24.0 Å². The van der Waals surface area contributed by atoms with Crippen molar-refractivity contribution in [1.29, 1.82) is 0 Å². The van der Waals surface area contributed by atoms with Gasteiger partial charge in [0.05, 0.1) is 0 Å². The number of nitrogens with one attached hydrogen (secondary N) is 2. The molecule has 2 N–H and O–H groups in total. The van der Waals surface area contributed by atoms with Gasteiger partial charge in [-0.15, -0.1) is 35.3 Å². The standard InChI is InChI=1S/C21H32N6S.HI/c1-4-26-9-11-27(12-10-26)20-8-7-18(15-23-20)16-25-21(22-3)24-14-17(2)19-6-5-13-28-19;/h5-8,13,15,17H,4,9-12,14,16H2,1-3H3,(H2,22,24,25);1H. The third-order valence-electron chi connectivity index (χ3n) is 5.24. The highest BCUT2D eigenvalue weighted by atomic mass is 127. The van der Waals surface area contributed by atoms with E-state index in [1.807, 2.05) is 13.2 Å².